The Labute approximate surface area is 112 Å². The van der Waals surface area contributed by atoms with E-state index in [0.29, 0.717) is 18.0 Å². The number of nitrogens with one attached hydrogen (secondary N) is 2. The van der Waals surface area contributed by atoms with Crippen LogP contribution in [-0.2, 0) is 0 Å². The number of fused-ring (bicyclic) bond motifs is 1. The summed E-state index contributed by atoms with van der Waals surface area (Å²) in [5.41, 5.74) is 7.06. The molecular weight excluding hydrogens is 264 g/mol. The average molecular weight is 276 g/mol. The number of hydrogen-bond acceptors (Lipinski definition) is 7. The van der Waals surface area contributed by atoms with Crippen LogP contribution >= 0.6 is 11.3 Å². The minimum Gasteiger partial charge on any atom is -0.387 e. The van der Waals surface area contributed by atoms with Gasteiger partial charge in [0.2, 0.25) is 5.95 Å². The standard InChI is InChI=1S/C11H12N6OS/c12-11-15-9(7-3-14-17-10(7)16-11)13-4-8(18)6-1-2-19-5-6/h1-3,5,8,18H,4H2,(H4,12,13,14,15,16,17). The molecule has 0 aliphatic rings. The predicted octanol–water partition coefficient (Wildman–Crippen LogP) is 1.14. The fourth-order valence-corrected chi connectivity index (χ4v) is 2.47. The maximum atomic E-state index is 10.0. The van der Waals surface area contributed by atoms with Crippen LogP contribution in [0.2, 0.25) is 0 Å². The van der Waals surface area contributed by atoms with Crippen molar-refractivity contribution in [2.24, 2.45) is 0 Å². The summed E-state index contributed by atoms with van der Waals surface area (Å²) in [5.74, 6) is 0.717. The van der Waals surface area contributed by atoms with Crippen molar-refractivity contribution in [2.45, 2.75) is 6.10 Å². The molecule has 0 aliphatic carbocycles. The summed E-state index contributed by atoms with van der Waals surface area (Å²) in [5, 5.41) is 24.3. The number of H-pyrrole nitrogens is 1. The van der Waals surface area contributed by atoms with Crippen LogP contribution in [0.1, 0.15) is 11.7 Å². The highest BCUT2D eigenvalue weighted by Crippen LogP contribution is 2.21. The van der Waals surface area contributed by atoms with Gasteiger partial charge in [0.1, 0.15) is 5.82 Å². The van der Waals surface area contributed by atoms with Crippen LogP contribution in [0.3, 0.4) is 0 Å². The highest BCUT2D eigenvalue weighted by atomic mass is 32.1. The van der Waals surface area contributed by atoms with Crippen molar-refractivity contribution in [1.29, 1.82) is 0 Å². The van der Waals surface area contributed by atoms with E-state index in [1.165, 1.54) is 0 Å². The van der Waals surface area contributed by atoms with Crippen LogP contribution in [0.25, 0.3) is 11.0 Å². The molecule has 19 heavy (non-hydrogen) atoms. The van der Waals surface area contributed by atoms with E-state index in [4.69, 9.17) is 5.73 Å². The molecule has 0 amide bonds. The molecule has 0 radical (unpaired) electrons. The van der Waals surface area contributed by atoms with Gasteiger partial charge in [-0.1, -0.05) is 0 Å². The van der Waals surface area contributed by atoms with Crippen molar-refractivity contribution < 1.29 is 5.11 Å². The first-order valence-electron chi connectivity index (χ1n) is 5.64. The molecule has 3 aromatic rings. The van der Waals surface area contributed by atoms with Gasteiger partial charge in [0.25, 0.3) is 0 Å². The number of aliphatic hydroxyl groups excluding tert-OH is 1. The molecule has 3 heterocycles. The molecule has 0 saturated carbocycles. The Bertz CT molecular complexity index is 680. The molecule has 0 bridgehead atoms. The fourth-order valence-electron chi connectivity index (χ4n) is 1.76. The number of aromatic nitrogens is 4. The van der Waals surface area contributed by atoms with Crippen molar-refractivity contribution in [2.75, 3.05) is 17.6 Å². The van der Waals surface area contributed by atoms with Gasteiger partial charge < -0.3 is 16.2 Å². The quantitative estimate of drug-likeness (QED) is 0.568. The van der Waals surface area contributed by atoms with E-state index < -0.39 is 6.10 Å². The summed E-state index contributed by atoms with van der Waals surface area (Å²) >= 11 is 1.55. The number of rotatable bonds is 4. The normalized spacial score (nSPS) is 12.7. The van der Waals surface area contributed by atoms with Gasteiger partial charge in [0.05, 0.1) is 17.7 Å². The second kappa shape index (κ2) is 4.82. The van der Waals surface area contributed by atoms with Gasteiger partial charge >= 0.3 is 0 Å². The molecule has 0 saturated heterocycles. The van der Waals surface area contributed by atoms with Crippen molar-refractivity contribution in [3.63, 3.8) is 0 Å². The summed E-state index contributed by atoms with van der Waals surface area (Å²) in [4.78, 5) is 8.13. The molecule has 0 aromatic carbocycles. The Kier molecular flexibility index (Phi) is 3.02. The maximum absolute atomic E-state index is 10.0. The lowest BCUT2D eigenvalue weighted by molar-refractivity contribution is 0.192. The van der Waals surface area contributed by atoms with Crippen LogP contribution in [0.5, 0.6) is 0 Å². The van der Waals surface area contributed by atoms with Gasteiger partial charge in [0.15, 0.2) is 5.65 Å². The highest BCUT2D eigenvalue weighted by Gasteiger charge is 2.11. The smallest absolute Gasteiger partial charge is 0.224 e. The first-order chi connectivity index (χ1) is 9.24. The van der Waals surface area contributed by atoms with Gasteiger partial charge in [-0.25, -0.2) is 0 Å². The number of nitrogen functional groups attached to an aromatic ring is 1. The predicted molar refractivity (Wildman–Crippen MR) is 73.9 cm³/mol. The van der Waals surface area contributed by atoms with Gasteiger partial charge in [-0.2, -0.15) is 26.4 Å². The van der Waals surface area contributed by atoms with Crippen LogP contribution in [0, 0.1) is 0 Å². The molecule has 0 aliphatic heterocycles. The summed E-state index contributed by atoms with van der Waals surface area (Å²) in [6.07, 6.45) is 1.03. The third-order valence-electron chi connectivity index (χ3n) is 2.72. The van der Waals surface area contributed by atoms with E-state index in [-0.39, 0.29) is 5.95 Å². The zero-order valence-electron chi connectivity index (χ0n) is 9.87. The lowest BCUT2D eigenvalue weighted by Crippen LogP contribution is -2.13. The van der Waals surface area contributed by atoms with Crippen LogP contribution < -0.4 is 11.1 Å². The molecule has 1 unspecified atom stereocenters. The second-order valence-corrected chi connectivity index (χ2v) is 4.80. The van der Waals surface area contributed by atoms with Gasteiger partial charge in [-0.3, -0.25) is 5.10 Å². The number of hydrogen-bond donors (Lipinski definition) is 4. The minimum atomic E-state index is -0.593. The summed E-state index contributed by atoms with van der Waals surface area (Å²) < 4.78 is 0. The number of nitrogens with two attached hydrogens (primary N) is 1. The SMILES string of the molecule is Nc1nc(NCC(O)c2ccsc2)c2cn[nH]c2n1. The first-order valence-corrected chi connectivity index (χ1v) is 6.59. The Balaban J connectivity index is 1.80. The van der Waals surface area contributed by atoms with Crippen LogP contribution in [-0.4, -0.2) is 31.8 Å². The van der Waals surface area contributed by atoms with Crippen molar-refractivity contribution in [3.05, 3.63) is 28.6 Å². The third kappa shape index (κ3) is 2.35. The lowest BCUT2D eigenvalue weighted by atomic mass is 10.2. The number of aromatic amines is 1. The van der Waals surface area contributed by atoms with E-state index in [1.54, 1.807) is 17.5 Å². The highest BCUT2D eigenvalue weighted by molar-refractivity contribution is 7.07. The van der Waals surface area contributed by atoms with E-state index in [9.17, 15) is 5.11 Å². The number of anilines is 2. The second-order valence-electron chi connectivity index (χ2n) is 4.02. The van der Waals surface area contributed by atoms with Crippen LogP contribution in [0.15, 0.2) is 23.0 Å². The molecule has 7 nitrogen and oxygen atoms in total. The molecule has 3 aromatic heterocycles. The number of aliphatic hydroxyl groups is 1. The number of nitrogens with zero attached hydrogens (tertiary/aromatic N) is 3. The lowest BCUT2D eigenvalue weighted by Gasteiger charge is -2.11. The average Bonchev–Trinajstić information content (AvgIpc) is 3.05. The molecule has 5 N–H and O–H groups in total. The zero-order valence-corrected chi connectivity index (χ0v) is 10.7. The topological polar surface area (TPSA) is 113 Å². The van der Waals surface area contributed by atoms with E-state index in [1.807, 2.05) is 16.8 Å². The van der Waals surface area contributed by atoms with E-state index in [2.05, 4.69) is 25.5 Å². The maximum Gasteiger partial charge on any atom is 0.224 e. The van der Waals surface area contributed by atoms with Gasteiger partial charge in [0, 0.05) is 6.54 Å². The molecule has 98 valence electrons. The Morgan fingerprint density at radius 3 is 3.16 bits per heavy atom. The molecule has 1 atom stereocenters. The largest absolute Gasteiger partial charge is 0.387 e. The Morgan fingerprint density at radius 1 is 1.47 bits per heavy atom. The third-order valence-corrected chi connectivity index (χ3v) is 3.42. The summed E-state index contributed by atoms with van der Waals surface area (Å²) in [6.45, 7) is 0.341. The van der Waals surface area contributed by atoms with E-state index in [0.717, 1.165) is 10.9 Å². The summed E-state index contributed by atoms with van der Waals surface area (Å²) in [7, 11) is 0. The monoisotopic (exact) mass is 276 g/mol. The molecule has 8 heteroatoms. The number of thiophene rings is 1. The van der Waals surface area contributed by atoms with Crippen molar-refractivity contribution in [3.8, 4) is 0 Å². The van der Waals surface area contributed by atoms with Gasteiger partial charge in [-0.15, -0.1) is 0 Å². The van der Waals surface area contributed by atoms with E-state index >= 15 is 0 Å². The zero-order chi connectivity index (χ0) is 13.2. The molecular formula is C11H12N6OS. The fraction of sp³-hybridized carbons (Fsp3) is 0.182. The van der Waals surface area contributed by atoms with Crippen molar-refractivity contribution >= 4 is 34.1 Å². The molecule has 3 rings (SSSR count). The van der Waals surface area contributed by atoms with Crippen LogP contribution in [0.4, 0.5) is 11.8 Å². The first kappa shape index (κ1) is 11.9. The minimum absolute atomic E-state index is 0.157. The van der Waals surface area contributed by atoms with Crippen molar-refractivity contribution in [1.82, 2.24) is 20.2 Å². The van der Waals surface area contributed by atoms with Gasteiger partial charge in [-0.05, 0) is 22.4 Å². The Hall–Kier alpha value is -2.19. The molecule has 0 spiro atoms. The Morgan fingerprint density at radius 2 is 2.37 bits per heavy atom. The molecule has 0 fully saturated rings. The summed E-state index contributed by atoms with van der Waals surface area (Å²) in [6, 6.07) is 1.89.